The van der Waals surface area contributed by atoms with E-state index in [4.69, 9.17) is 0 Å². The molecule has 1 N–H and O–H groups in total. The molecule has 1 aromatic heterocycles. The molecular weight excluding hydrogens is 342 g/mol. The fourth-order valence-electron chi connectivity index (χ4n) is 2.79. The number of aromatic nitrogens is 1. The van der Waals surface area contributed by atoms with E-state index in [0.29, 0.717) is 12.3 Å². The van der Waals surface area contributed by atoms with Gasteiger partial charge < -0.3 is 10.0 Å². The summed E-state index contributed by atoms with van der Waals surface area (Å²) in [6, 6.07) is 10.0. The Bertz CT molecular complexity index is 704. The van der Waals surface area contributed by atoms with Gasteiger partial charge in [0.2, 0.25) is 0 Å². The van der Waals surface area contributed by atoms with Crippen molar-refractivity contribution in [3.63, 3.8) is 0 Å². The number of phenolic OH excluding ortho intramolecular Hbond substituents is 1. The van der Waals surface area contributed by atoms with Crippen molar-refractivity contribution in [2.24, 2.45) is 4.99 Å². The second-order valence-corrected chi connectivity index (χ2v) is 7.54. The van der Waals surface area contributed by atoms with E-state index in [1.165, 1.54) is 0 Å². The lowest BCUT2D eigenvalue weighted by Gasteiger charge is -2.18. The van der Waals surface area contributed by atoms with Crippen LogP contribution >= 0.6 is 11.8 Å². The first-order valence-electron chi connectivity index (χ1n) is 9.00. The van der Waals surface area contributed by atoms with Crippen molar-refractivity contribution >= 4 is 18.0 Å². The number of thioether (sulfide) groups is 1. The molecule has 0 aliphatic heterocycles. The summed E-state index contributed by atoms with van der Waals surface area (Å²) in [4.78, 5) is 11.0. The summed E-state index contributed by atoms with van der Waals surface area (Å²) in [5.74, 6) is 1.46. The largest absolute Gasteiger partial charge is 0.507 e. The molecule has 2 aromatic rings. The van der Waals surface area contributed by atoms with Crippen LogP contribution in [0.3, 0.4) is 0 Å². The Morgan fingerprint density at radius 2 is 2.15 bits per heavy atom. The number of likely N-dealkylation sites (N-methyl/N-ethyl adjacent to an activating group) is 1. The van der Waals surface area contributed by atoms with Crippen molar-refractivity contribution in [2.75, 3.05) is 32.1 Å². The molecule has 4 nitrogen and oxygen atoms in total. The fourth-order valence-corrected chi connectivity index (χ4v) is 3.20. The van der Waals surface area contributed by atoms with E-state index in [2.05, 4.69) is 41.2 Å². The Kier molecular flexibility index (Phi) is 8.65. The van der Waals surface area contributed by atoms with Crippen LogP contribution in [0, 0.1) is 6.92 Å². The highest BCUT2D eigenvalue weighted by molar-refractivity contribution is 7.98. The molecule has 0 radical (unpaired) electrons. The molecule has 26 heavy (non-hydrogen) atoms. The van der Waals surface area contributed by atoms with Crippen LogP contribution in [0.4, 0.5) is 0 Å². The van der Waals surface area contributed by atoms with Crippen molar-refractivity contribution in [1.82, 2.24) is 9.88 Å². The smallest absolute Gasteiger partial charge is 0.128 e. The predicted molar refractivity (Wildman–Crippen MR) is 113 cm³/mol. The van der Waals surface area contributed by atoms with E-state index in [9.17, 15) is 5.11 Å². The van der Waals surface area contributed by atoms with Gasteiger partial charge in [-0.05, 0) is 56.2 Å². The summed E-state index contributed by atoms with van der Waals surface area (Å²) >= 11 is 1.83. The van der Waals surface area contributed by atoms with Gasteiger partial charge in [-0.1, -0.05) is 12.1 Å². The number of rotatable bonds is 10. The molecule has 1 aromatic carbocycles. The van der Waals surface area contributed by atoms with Crippen LogP contribution in [0.25, 0.3) is 0 Å². The standard InChI is InChI=1S/C21H29N3OS/c1-17-13-18(15-22-9-6-12-26-3)21(25)19(14-17)16-24(2)11-8-20-7-4-5-10-23-20/h4-5,7,10,13-15,25H,6,8-9,11-12,16H2,1-3H3. The number of hydrogen-bond donors (Lipinski definition) is 1. The Morgan fingerprint density at radius 1 is 1.31 bits per heavy atom. The first kappa shape index (κ1) is 20.5. The van der Waals surface area contributed by atoms with Crippen LogP contribution < -0.4 is 0 Å². The van der Waals surface area contributed by atoms with Crippen molar-refractivity contribution in [3.8, 4) is 5.75 Å². The van der Waals surface area contributed by atoms with Crippen LogP contribution in [0.2, 0.25) is 0 Å². The van der Waals surface area contributed by atoms with Gasteiger partial charge in [-0.15, -0.1) is 0 Å². The van der Waals surface area contributed by atoms with Gasteiger partial charge in [-0.2, -0.15) is 11.8 Å². The summed E-state index contributed by atoms with van der Waals surface area (Å²) in [6.07, 6.45) is 7.69. The van der Waals surface area contributed by atoms with Gasteiger partial charge in [0.1, 0.15) is 5.75 Å². The molecule has 2 rings (SSSR count). The summed E-state index contributed by atoms with van der Waals surface area (Å²) in [7, 11) is 2.07. The number of phenols is 1. The number of hydrogen-bond acceptors (Lipinski definition) is 5. The molecule has 0 saturated heterocycles. The third-order valence-corrected chi connectivity index (χ3v) is 4.84. The van der Waals surface area contributed by atoms with E-state index in [-0.39, 0.29) is 0 Å². The number of benzene rings is 1. The Balaban J connectivity index is 1.97. The van der Waals surface area contributed by atoms with E-state index in [1.54, 1.807) is 6.21 Å². The predicted octanol–water partition coefficient (Wildman–Crippen LogP) is 3.94. The lowest BCUT2D eigenvalue weighted by Crippen LogP contribution is -2.21. The van der Waals surface area contributed by atoms with Gasteiger partial charge in [-0.25, -0.2) is 0 Å². The lowest BCUT2D eigenvalue weighted by molar-refractivity contribution is 0.323. The normalized spacial score (nSPS) is 11.5. The van der Waals surface area contributed by atoms with Crippen LogP contribution in [-0.2, 0) is 13.0 Å². The number of aliphatic imine (C=N–C) groups is 1. The van der Waals surface area contributed by atoms with Crippen molar-refractivity contribution < 1.29 is 5.11 Å². The molecule has 0 unspecified atom stereocenters. The Hall–Kier alpha value is -1.85. The van der Waals surface area contributed by atoms with E-state index in [1.807, 2.05) is 42.2 Å². The lowest BCUT2D eigenvalue weighted by atomic mass is 10.0. The van der Waals surface area contributed by atoms with E-state index >= 15 is 0 Å². The Labute approximate surface area is 161 Å². The van der Waals surface area contributed by atoms with Crippen LogP contribution in [0.5, 0.6) is 5.75 Å². The number of pyridine rings is 1. The van der Waals surface area contributed by atoms with Crippen LogP contribution in [0.1, 0.15) is 28.8 Å². The van der Waals surface area contributed by atoms with Gasteiger partial charge >= 0.3 is 0 Å². The first-order valence-corrected chi connectivity index (χ1v) is 10.4. The molecule has 0 atom stereocenters. The average molecular weight is 372 g/mol. The molecule has 0 aliphatic rings. The quantitative estimate of drug-likeness (QED) is 0.508. The third kappa shape index (κ3) is 6.81. The molecule has 0 amide bonds. The zero-order valence-electron chi connectivity index (χ0n) is 16.0. The summed E-state index contributed by atoms with van der Waals surface area (Å²) in [6.45, 7) is 4.45. The van der Waals surface area contributed by atoms with Gasteiger partial charge in [0, 0.05) is 55.3 Å². The van der Waals surface area contributed by atoms with E-state index in [0.717, 1.165) is 54.1 Å². The van der Waals surface area contributed by atoms with Crippen LogP contribution in [-0.4, -0.2) is 53.4 Å². The Morgan fingerprint density at radius 3 is 2.88 bits per heavy atom. The molecule has 0 fully saturated rings. The molecule has 0 saturated carbocycles. The maximum atomic E-state index is 10.6. The average Bonchev–Trinajstić information content (AvgIpc) is 2.64. The summed E-state index contributed by atoms with van der Waals surface area (Å²) in [5.41, 5.74) is 3.98. The highest BCUT2D eigenvalue weighted by Crippen LogP contribution is 2.24. The van der Waals surface area contributed by atoms with Crippen LogP contribution in [0.15, 0.2) is 41.5 Å². The topological polar surface area (TPSA) is 48.7 Å². The van der Waals surface area contributed by atoms with Crippen molar-refractivity contribution in [3.05, 3.63) is 58.9 Å². The maximum absolute atomic E-state index is 10.6. The zero-order chi connectivity index (χ0) is 18.8. The second-order valence-electron chi connectivity index (χ2n) is 6.55. The van der Waals surface area contributed by atoms with E-state index < -0.39 is 0 Å². The molecular formula is C21H29N3OS. The highest BCUT2D eigenvalue weighted by Gasteiger charge is 2.10. The number of aromatic hydroxyl groups is 1. The van der Waals surface area contributed by atoms with Gasteiger partial charge in [0.15, 0.2) is 0 Å². The second kappa shape index (κ2) is 11.0. The number of nitrogens with zero attached hydrogens (tertiary/aromatic N) is 3. The van der Waals surface area contributed by atoms with Gasteiger partial charge in [0.05, 0.1) is 0 Å². The molecule has 0 aliphatic carbocycles. The summed E-state index contributed by atoms with van der Waals surface area (Å²) in [5, 5.41) is 10.6. The fraction of sp³-hybridized carbons (Fsp3) is 0.429. The minimum absolute atomic E-state index is 0.342. The highest BCUT2D eigenvalue weighted by atomic mass is 32.2. The first-order chi connectivity index (χ1) is 12.6. The summed E-state index contributed by atoms with van der Waals surface area (Å²) < 4.78 is 0. The molecule has 0 bridgehead atoms. The minimum atomic E-state index is 0.342. The SMILES string of the molecule is CSCCCN=Cc1cc(C)cc(CN(C)CCc2ccccn2)c1O. The monoisotopic (exact) mass is 371 g/mol. The molecule has 1 heterocycles. The third-order valence-electron chi connectivity index (χ3n) is 4.14. The van der Waals surface area contributed by atoms with Crippen molar-refractivity contribution in [1.29, 1.82) is 0 Å². The van der Waals surface area contributed by atoms with Gasteiger partial charge in [-0.3, -0.25) is 9.98 Å². The molecule has 5 heteroatoms. The molecule has 140 valence electrons. The van der Waals surface area contributed by atoms with Crippen molar-refractivity contribution in [2.45, 2.75) is 26.3 Å². The molecule has 0 spiro atoms. The van der Waals surface area contributed by atoms with Gasteiger partial charge in [0.25, 0.3) is 0 Å². The number of aryl methyl sites for hydroxylation is 1. The minimum Gasteiger partial charge on any atom is -0.507 e. The zero-order valence-corrected chi connectivity index (χ0v) is 16.8. The maximum Gasteiger partial charge on any atom is 0.128 e.